The fraction of sp³-hybridized carbons (Fsp3) is 0.400. The zero-order chi connectivity index (χ0) is 8.55. The standard InChI is InChI=1S/C10H10O2/c11-9-6-5-7-3-1-2-4-8(7)10(9)12/h1-3,8H,4-6H2. The minimum Gasteiger partial charge on any atom is -0.291 e. The van der Waals surface area contributed by atoms with Gasteiger partial charge in [-0.2, -0.15) is 0 Å². The minimum absolute atomic E-state index is 0.115. The van der Waals surface area contributed by atoms with E-state index < -0.39 is 0 Å². The Bertz CT molecular complexity index is 297. The lowest BCUT2D eigenvalue weighted by molar-refractivity contribution is -0.139. The van der Waals surface area contributed by atoms with Crippen LogP contribution in [0.25, 0.3) is 0 Å². The lowest BCUT2D eigenvalue weighted by Gasteiger charge is -2.23. The highest BCUT2D eigenvalue weighted by Gasteiger charge is 2.32. The first kappa shape index (κ1) is 7.47. The molecule has 0 aromatic rings. The molecular formula is C10H10O2. The summed E-state index contributed by atoms with van der Waals surface area (Å²) in [5.41, 5.74) is 1.14. The van der Waals surface area contributed by atoms with Crippen molar-refractivity contribution in [3.63, 3.8) is 0 Å². The van der Waals surface area contributed by atoms with Gasteiger partial charge in [-0.15, -0.1) is 0 Å². The summed E-state index contributed by atoms with van der Waals surface area (Å²) in [5, 5.41) is 0. The van der Waals surface area contributed by atoms with Crippen molar-refractivity contribution in [1.29, 1.82) is 0 Å². The Labute approximate surface area is 71.0 Å². The van der Waals surface area contributed by atoms with Crippen molar-refractivity contribution in [2.75, 3.05) is 0 Å². The molecule has 0 N–H and O–H groups in total. The zero-order valence-electron chi connectivity index (χ0n) is 6.75. The van der Waals surface area contributed by atoms with Gasteiger partial charge in [-0.25, -0.2) is 0 Å². The number of rotatable bonds is 0. The molecule has 1 unspecified atom stereocenters. The molecule has 1 saturated carbocycles. The van der Waals surface area contributed by atoms with E-state index in [0.717, 1.165) is 18.4 Å². The summed E-state index contributed by atoms with van der Waals surface area (Å²) in [4.78, 5) is 22.4. The van der Waals surface area contributed by atoms with Crippen LogP contribution in [0.2, 0.25) is 0 Å². The number of hydrogen-bond donors (Lipinski definition) is 0. The van der Waals surface area contributed by atoms with E-state index in [4.69, 9.17) is 0 Å². The van der Waals surface area contributed by atoms with Gasteiger partial charge in [0.2, 0.25) is 5.78 Å². The predicted molar refractivity (Wildman–Crippen MR) is 44.6 cm³/mol. The molecular weight excluding hydrogens is 152 g/mol. The Hall–Kier alpha value is -1.18. The van der Waals surface area contributed by atoms with E-state index >= 15 is 0 Å². The highest BCUT2D eigenvalue weighted by Crippen LogP contribution is 2.30. The second-order valence-corrected chi connectivity index (χ2v) is 3.25. The van der Waals surface area contributed by atoms with Crippen LogP contribution in [0, 0.1) is 5.92 Å². The first-order valence-corrected chi connectivity index (χ1v) is 4.21. The van der Waals surface area contributed by atoms with E-state index in [-0.39, 0.29) is 17.5 Å². The monoisotopic (exact) mass is 162 g/mol. The molecule has 12 heavy (non-hydrogen) atoms. The average molecular weight is 162 g/mol. The summed E-state index contributed by atoms with van der Waals surface area (Å²) in [6, 6.07) is 0. The van der Waals surface area contributed by atoms with Gasteiger partial charge >= 0.3 is 0 Å². The molecule has 2 rings (SSSR count). The van der Waals surface area contributed by atoms with Crippen LogP contribution in [-0.2, 0) is 9.59 Å². The number of carbonyl (C=O) groups excluding carboxylic acids is 2. The Balaban J connectivity index is 2.30. The average Bonchev–Trinajstić information content (AvgIpc) is 2.12. The van der Waals surface area contributed by atoms with Crippen LogP contribution >= 0.6 is 0 Å². The number of allylic oxidation sites excluding steroid dienone is 4. The molecule has 62 valence electrons. The van der Waals surface area contributed by atoms with E-state index in [2.05, 4.69) is 0 Å². The molecule has 2 aliphatic carbocycles. The van der Waals surface area contributed by atoms with Crippen LogP contribution in [0.5, 0.6) is 0 Å². The number of Topliss-reactive ketones (excluding diaryl/α,β-unsaturated/α-hetero) is 2. The fourth-order valence-corrected chi connectivity index (χ4v) is 1.78. The van der Waals surface area contributed by atoms with Crippen molar-refractivity contribution in [1.82, 2.24) is 0 Å². The van der Waals surface area contributed by atoms with Crippen LogP contribution in [0.4, 0.5) is 0 Å². The molecule has 0 bridgehead atoms. The van der Waals surface area contributed by atoms with Crippen molar-refractivity contribution in [3.05, 3.63) is 23.8 Å². The lowest BCUT2D eigenvalue weighted by atomic mass is 9.78. The molecule has 0 amide bonds. The molecule has 0 heterocycles. The molecule has 0 radical (unpaired) electrons. The number of carbonyl (C=O) groups is 2. The van der Waals surface area contributed by atoms with Crippen molar-refractivity contribution >= 4 is 11.6 Å². The summed E-state index contributed by atoms with van der Waals surface area (Å²) >= 11 is 0. The van der Waals surface area contributed by atoms with Crippen LogP contribution in [0.15, 0.2) is 23.8 Å². The van der Waals surface area contributed by atoms with Gasteiger partial charge in [0.05, 0.1) is 5.92 Å². The zero-order valence-corrected chi connectivity index (χ0v) is 6.75. The lowest BCUT2D eigenvalue weighted by Crippen LogP contribution is -2.30. The third-order valence-electron chi connectivity index (χ3n) is 2.50. The maximum Gasteiger partial charge on any atom is 0.205 e. The summed E-state index contributed by atoms with van der Waals surface area (Å²) < 4.78 is 0. The molecule has 1 fully saturated rings. The van der Waals surface area contributed by atoms with E-state index in [1.165, 1.54) is 0 Å². The van der Waals surface area contributed by atoms with Crippen molar-refractivity contribution < 1.29 is 9.59 Å². The number of fused-ring (bicyclic) bond motifs is 1. The predicted octanol–water partition coefficient (Wildman–Crippen LogP) is 1.42. The van der Waals surface area contributed by atoms with Crippen LogP contribution in [-0.4, -0.2) is 11.6 Å². The largest absolute Gasteiger partial charge is 0.291 e. The third kappa shape index (κ3) is 1.04. The van der Waals surface area contributed by atoms with E-state index in [1.807, 2.05) is 18.2 Å². The summed E-state index contributed by atoms with van der Waals surface area (Å²) in [6.07, 6.45) is 7.79. The van der Waals surface area contributed by atoms with Crippen molar-refractivity contribution in [2.24, 2.45) is 5.92 Å². The molecule has 0 aromatic carbocycles. The van der Waals surface area contributed by atoms with Gasteiger partial charge < -0.3 is 0 Å². The Morgan fingerprint density at radius 3 is 2.92 bits per heavy atom. The second-order valence-electron chi connectivity index (χ2n) is 3.25. The first-order chi connectivity index (χ1) is 5.79. The molecule has 0 aliphatic heterocycles. The van der Waals surface area contributed by atoms with E-state index in [0.29, 0.717) is 6.42 Å². The Morgan fingerprint density at radius 1 is 1.25 bits per heavy atom. The molecule has 0 spiro atoms. The molecule has 0 saturated heterocycles. The van der Waals surface area contributed by atoms with Gasteiger partial charge in [-0.05, 0) is 12.8 Å². The quantitative estimate of drug-likeness (QED) is 0.505. The molecule has 2 aliphatic rings. The van der Waals surface area contributed by atoms with Gasteiger partial charge in [0.15, 0.2) is 5.78 Å². The first-order valence-electron chi connectivity index (χ1n) is 4.21. The van der Waals surface area contributed by atoms with Gasteiger partial charge in [-0.3, -0.25) is 9.59 Å². The maximum atomic E-state index is 11.3. The smallest absolute Gasteiger partial charge is 0.205 e. The minimum atomic E-state index is -0.188. The van der Waals surface area contributed by atoms with Crippen molar-refractivity contribution in [2.45, 2.75) is 19.3 Å². The van der Waals surface area contributed by atoms with Crippen molar-refractivity contribution in [3.8, 4) is 0 Å². The summed E-state index contributed by atoms with van der Waals surface area (Å²) in [7, 11) is 0. The van der Waals surface area contributed by atoms with Gasteiger partial charge in [-0.1, -0.05) is 23.8 Å². The third-order valence-corrected chi connectivity index (χ3v) is 2.50. The second kappa shape index (κ2) is 2.70. The molecule has 0 aromatic heterocycles. The van der Waals surface area contributed by atoms with E-state index in [1.54, 1.807) is 0 Å². The topological polar surface area (TPSA) is 34.1 Å². The van der Waals surface area contributed by atoms with Gasteiger partial charge in [0.25, 0.3) is 0 Å². The SMILES string of the molecule is O=C1CCC2=CC=CCC2C1=O. The number of ketones is 2. The fourth-order valence-electron chi connectivity index (χ4n) is 1.78. The van der Waals surface area contributed by atoms with Gasteiger partial charge in [0.1, 0.15) is 0 Å². The highest BCUT2D eigenvalue weighted by atomic mass is 16.2. The van der Waals surface area contributed by atoms with Gasteiger partial charge in [0, 0.05) is 6.42 Å². The molecule has 1 atom stereocenters. The number of hydrogen-bond acceptors (Lipinski definition) is 2. The van der Waals surface area contributed by atoms with Crippen LogP contribution in [0.1, 0.15) is 19.3 Å². The normalized spacial score (nSPS) is 28.3. The van der Waals surface area contributed by atoms with Crippen LogP contribution < -0.4 is 0 Å². The molecule has 2 heteroatoms. The Kier molecular flexibility index (Phi) is 1.68. The van der Waals surface area contributed by atoms with Crippen LogP contribution in [0.3, 0.4) is 0 Å². The Morgan fingerprint density at radius 2 is 2.08 bits per heavy atom. The summed E-state index contributed by atoms with van der Waals surface area (Å²) in [6.45, 7) is 0. The summed E-state index contributed by atoms with van der Waals surface area (Å²) in [5.74, 6) is -0.486. The highest BCUT2D eigenvalue weighted by molar-refractivity contribution is 6.39. The van der Waals surface area contributed by atoms with E-state index in [9.17, 15) is 9.59 Å². The maximum absolute atomic E-state index is 11.3. The molecule has 2 nitrogen and oxygen atoms in total.